The largest absolute Gasteiger partial charge is 0.477 e. The third kappa shape index (κ3) is 6.85. The number of pyridine rings is 1. The van der Waals surface area contributed by atoms with Gasteiger partial charge < -0.3 is 18.8 Å². The van der Waals surface area contributed by atoms with Crippen LogP contribution in [0.4, 0.5) is 8.78 Å². The van der Waals surface area contributed by atoms with Crippen molar-refractivity contribution in [2.75, 3.05) is 26.1 Å². The fraction of sp³-hybridized carbons (Fsp3) is 0.276. The van der Waals surface area contributed by atoms with E-state index < -0.39 is 17.6 Å². The van der Waals surface area contributed by atoms with E-state index in [0.29, 0.717) is 51.9 Å². The zero-order chi connectivity index (χ0) is 29.6. The van der Waals surface area contributed by atoms with Crippen molar-refractivity contribution in [2.45, 2.75) is 25.5 Å². The van der Waals surface area contributed by atoms with Gasteiger partial charge >= 0.3 is 5.97 Å². The van der Waals surface area contributed by atoms with Crippen molar-refractivity contribution >= 4 is 55.4 Å². The minimum Gasteiger partial charge on any atom is -0.477 e. The molecule has 2 aromatic heterocycles. The molecule has 13 heteroatoms. The summed E-state index contributed by atoms with van der Waals surface area (Å²) in [5.41, 5.74) is 2.09. The lowest BCUT2D eigenvalue weighted by Gasteiger charge is -2.27. The lowest BCUT2D eigenvalue weighted by molar-refractivity contribution is -0.0589. The highest BCUT2D eigenvalue weighted by molar-refractivity contribution is 9.22. The Kier molecular flexibility index (Phi) is 9.60. The molecule has 1 atom stereocenters. The molecule has 5 rings (SSSR count). The Morgan fingerprint density at radius 3 is 2.79 bits per heavy atom. The molecule has 0 unspecified atom stereocenters. The van der Waals surface area contributed by atoms with Crippen molar-refractivity contribution in [1.82, 2.24) is 14.5 Å². The second-order valence-electron chi connectivity index (χ2n) is 9.27. The first-order valence-electron chi connectivity index (χ1n) is 13.0. The average Bonchev–Trinajstić information content (AvgIpc) is 3.30. The summed E-state index contributed by atoms with van der Waals surface area (Å²) in [6.07, 6.45) is 0.887. The molecular weight excluding hydrogens is 632 g/mol. The zero-order valence-corrected chi connectivity index (χ0v) is 25.0. The predicted molar refractivity (Wildman–Crippen MR) is 162 cm³/mol. The Bertz CT molecular complexity index is 1660. The van der Waals surface area contributed by atoms with Crippen LogP contribution in [-0.4, -0.2) is 63.4 Å². The van der Waals surface area contributed by atoms with Gasteiger partial charge in [0.1, 0.15) is 17.5 Å². The van der Waals surface area contributed by atoms with Crippen LogP contribution in [0.5, 0.6) is 5.88 Å². The van der Waals surface area contributed by atoms with Crippen LogP contribution in [0, 0.1) is 11.6 Å². The monoisotopic (exact) mass is 657 g/mol. The number of esters is 1. The molecule has 3 heterocycles. The van der Waals surface area contributed by atoms with E-state index >= 15 is 8.78 Å². The van der Waals surface area contributed by atoms with Gasteiger partial charge in [0.15, 0.2) is 3.95 Å². The van der Waals surface area contributed by atoms with Crippen molar-refractivity contribution < 1.29 is 27.8 Å². The van der Waals surface area contributed by atoms with Crippen molar-refractivity contribution in [1.29, 1.82) is 0 Å². The van der Waals surface area contributed by atoms with E-state index in [-0.39, 0.29) is 35.2 Å². The van der Waals surface area contributed by atoms with Gasteiger partial charge in [-0.1, -0.05) is 17.8 Å². The van der Waals surface area contributed by atoms with Crippen LogP contribution in [0.1, 0.15) is 28.2 Å². The molecule has 0 N–H and O–H groups in total. The van der Waals surface area contributed by atoms with E-state index in [9.17, 15) is 4.79 Å². The zero-order valence-electron chi connectivity index (χ0n) is 22.6. The second kappa shape index (κ2) is 13.5. The van der Waals surface area contributed by atoms with Crippen LogP contribution >= 0.6 is 27.7 Å². The quantitative estimate of drug-likeness (QED) is 0.0639. The molecule has 0 spiro atoms. The third-order valence-corrected chi connectivity index (χ3v) is 8.15. The number of thioether (sulfide) groups is 1. The summed E-state index contributed by atoms with van der Waals surface area (Å²) in [5, 5.41) is 7.19. The van der Waals surface area contributed by atoms with Gasteiger partial charge in [-0.2, -0.15) is 5.10 Å². The molecule has 1 saturated heterocycles. The van der Waals surface area contributed by atoms with Gasteiger partial charge in [0.2, 0.25) is 5.88 Å². The van der Waals surface area contributed by atoms with Crippen molar-refractivity contribution in [2.24, 2.45) is 10.2 Å². The maximum absolute atomic E-state index is 15.5. The van der Waals surface area contributed by atoms with E-state index in [1.165, 1.54) is 24.9 Å². The standard InChI is InChI=1S/C29H26BrF2N5O4S/c1-33-36-29(30)42-11-10-41-27-5-3-4-23(35-27)20-15-21(31)18(12-22(20)32)14-26-34-24-7-6-17(28(38)39-2)13-25(24)37(26)16-19-8-9-40-19/h3-7,12-13,15,19H,1,8-11,14,16H2,2H3/b36-29-/t19-/m0/s1. The first-order chi connectivity index (χ1) is 20.4. The molecule has 42 heavy (non-hydrogen) atoms. The summed E-state index contributed by atoms with van der Waals surface area (Å²) in [6.45, 7) is 4.75. The number of carbonyl (C=O) groups excluding carboxylic acids is 1. The third-order valence-electron chi connectivity index (χ3n) is 6.62. The highest BCUT2D eigenvalue weighted by Crippen LogP contribution is 2.29. The highest BCUT2D eigenvalue weighted by Gasteiger charge is 2.24. The van der Waals surface area contributed by atoms with Crippen molar-refractivity contribution in [3.8, 4) is 17.1 Å². The maximum Gasteiger partial charge on any atom is 0.337 e. The number of hydrogen-bond donors (Lipinski definition) is 0. The number of aromatic nitrogens is 3. The molecule has 0 bridgehead atoms. The lowest BCUT2D eigenvalue weighted by Crippen LogP contribution is -2.31. The van der Waals surface area contributed by atoms with E-state index in [1.54, 1.807) is 36.4 Å². The van der Waals surface area contributed by atoms with Gasteiger partial charge in [-0.05, 0) is 64.3 Å². The number of imidazole rings is 1. The first kappa shape index (κ1) is 29.8. The number of fused-ring (bicyclic) bond motifs is 1. The lowest BCUT2D eigenvalue weighted by atomic mass is 10.0. The normalized spacial score (nSPS) is 15.0. The molecule has 0 saturated carbocycles. The van der Waals surface area contributed by atoms with Gasteiger partial charge in [0, 0.05) is 37.1 Å². The first-order valence-corrected chi connectivity index (χ1v) is 14.7. The molecule has 2 aromatic carbocycles. The van der Waals surface area contributed by atoms with Gasteiger partial charge in [-0.15, -0.1) is 5.10 Å². The average molecular weight is 659 g/mol. The Hall–Kier alpha value is -3.68. The SMILES string of the molecule is C=N/N=C(/Br)SCCOc1cccc(-c2cc(F)c(Cc3nc4ccc(C(=O)OC)cc4n3C[C@@H]3CCO3)cc2F)n1. The minimum absolute atomic E-state index is 0.0158. The molecular formula is C29H26BrF2N5O4S. The van der Waals surface area contributed by atoms with Gasteiger partial charge in [-0.25, -0.2) is 23.5 Å². The molecule has 0 radical (unpaired) electrons. The smallest absolute Gasteiger partial charge is 0.337 e. The van der Waals surface area contributed by atoms with Crippen LogP contribution in [0.15, 0.2) is 58.7 Å². The Morgan fingerprint density at radius 2 is 2.05 bits per heavy atom. The molecule has 218 valence electrons. The van der Waals surface area contributed by atoms with Crippen molar-refractivity contribution in [3.05, 3.63) is 77.1 Å². The van der Waals surface area contributed by atoms with Crippen LogP contribution < -0.4 is 4.74 Å². The van der Waals surface area contributed by atoms with Crippen LogP contribution in [-0.2, 0) is 22.4 Å². The summed E-state index contributed by atoms with van der Waals surface area (Å²) >= 11 is 4.63. The summed E-state index contributed by atoms with van der Waals surface area (Å²) in [6, 6.07) is 12.3. The van der Waals surface area contributed by atoms with E-state index in [4.69, 9.17) is 14.2 Å². The molecule has 4 aromatic rings. The van der Waals surface area contributed by atoms with E-state index in [2.05, 4.69) is 42.8 Å². The van der Waals surface area contributed by atoms with Crippen molar-refractivity contribution in [3.63, 3.8) is 0 Å². The molecule has 0 aliphatic carbocycles. The summed E-state index contributed by atoms with van der Waals surface area (Å²) in [7, 11) is 1.32. The minimum atomic E-state index is -0.623. The fourth-order valence-corrected chi connectivity index (χ4v) is 5.53. The number of nitrogens with zero attached hydrogens (tertiary/aromatic N) is 5. The number of rotatable bonds is 11. The number of halogens is 3. The number of methoxy groups -OCH3 is 1. The van der Waals surface area contributed by atoms with Crippen LogP contribution in [0.25, 0.3) is 22.3 Å². The topological polar surface area (TPSA) is 100 Å². The molecule has 1 fully saturated rings. The van der Waals surface area contributed by atoms with Gasteiger partial charge in [0.05, 0.1) is 48.7 Å². The highest BCUT2D eigenvalue weighted by atomic mass is 79.9. The number of carbonyl (C=O) groups is 1. The van der Waals surface area contributed by atoms with Crippen LogP contribution in [0.2, 0.25) is 0 Å². The number of hydrogen-bond acceptors (Lipinski definition) is 9. The Labute approximate surface area is 253 Å². The van der Waals surface area contributed by atoms with Crippen LogP contribution in [0.3, 0.4) is 0 Å². The molecule has 1 aliphatic heterocycles. The summed E-state index contributed by atoms with van der Waals surface area (Å²) < 4.78 is 49.5. The second-order valence-corrected chi connectivity index (χ2v) is 11.6. The number of ether oxygens (including phenoxy) is 3. The summed E-state index contributed by atoms with van der Waals surface area (Å²) in [4.78, 5) is 21.2. The molecule has 1 aliphatic rings. The van der Waals surface area contributed by atoms with Gasteiger partial charge in [0.25, 0.3) is 0 Å². The fourth-order valence-electron chi connectivity index (χ4n) is 4.48. The number of benzene rings is 2. The van der Waals surface area contributed by atoms with E-state index in [0.717, 1.165) is 12.5 Å². The predicted octanol–water partition coefficient (Wildman–Crippen LogP) is 6.02. The molecule has 9 nitrogen and oxygen atoms in total. The van der Waals surface area contributed by atoms with E-state index in [1.807, 2.05) is 4.57 Å². The Morgan fingerprint density at radius 1 is 1.21 bits per heavy atom. The van der Waals surface area contributed by atoms with Gasteiger partial charge in [-0.3, -0.25) is 0 Å². The summed E-state index contributed by atoms with van der Waals surface area (Å²) in [5.74, 6) is -0.317. The maximum atomic E-state index is 15.5. The molecule has 0 amide bonds. The Balaban J connectivity index is 1.38.